The first-order valence-electron chi connectivity index (χ1n) is 6.51. The summed E-state index contributed by atoms with van der Waals surface area (Å²) in [7, 11) is 0. The van der Waals surface area contributed by atoms with Crippen molar-refractivity contribution in [3.8, 4) is 5.69 Å². The highest BCUT2D eigenvalue weighted by molar-refractivity contribution is 5.47. The van der Waals surface area contributed by atoms with Crippen LogP contribution in [0.2, 0.25) is 0 Å². The predicted octanol–water partition coefficient (Wildman–Crippen LogP) is 3.76. The van der Waals surface area contributed by atoms with Gasteiger partial charge in [-0.2, -0.15) is 5.10 Å². The molecule has 0 saturated heterocycles. The van der Waals surface area contributed by atoms with Gasteiger partial charge in [-0.05, 0) is 35.9 Å². The Morgan fingerprint density at radius 2 is 1.67 bits per heavy atom. The van der Waals surface area contributed by atoms with Gasteiger partial charge in [0, 0.05) is 18.9 Å². The van der Waals surface area contributed by atoms with Gasteiger partial charge in [0.05, 0.1) is 5.69 Å². The summed E-state index contributed by atoms with van der Waals surface area (Å²) in [4.78, 5) is 0. The van der Waals surface area contributed by atoms with Crippen molar-refractivity contribution < 1.29 is 8.78 Å². The summed E-state index contributed by atoms with van der Waals surface area (Å²) < 4.78 is 28.7. The van der Waals surface area contributed by atoms with Gasteiger partial charge in [0.2, 0.25) is 0 Å². The third-order valence-electron chi connectivity index (χ3n) is 3.14. The number of benzene rings is 2. The molecule has 0 aliphatic heterocycles. The van der Waals surface area contributed by atoms with E-state index in [2.05, 4.69) is 10.4 Å². The molecule has 0 saturated carbocycles. The van der Waals surface area contributed by atoms with Crippen molar-refractivity contribution in [3.05, 3.63) is 78.1 Å². The molecule has 0 spiro atoms. The number of halogens is 2. The predicted molar refractivity (Wildman–Crippen MR) is 77.2 cm³/mol. The van der Waals surface area contributed by atoms with Gasteiger partial charge in [0.1, 0.15) is 17.3 Å². The Morgan fingerprint density at radius 1 is 0.952 bits per heavy atom. The molecule has 1 heterocycles. The maximum Gasteiger partial charge on any atom is 0.149 e. The third kappa shape index (κ3) is 2.91. The van der Waals surface area contributed by atoms with Crippen molar-refractivity contribution in [2.75, 3.05) is 5.32 Å². The van der Waals surface area contributed by atoms with Crippen LogP contribution in [0.5, 0.6) is 0 Å². The zero-order valence-electron chi connectivity index (χ0n) is 11.1. The summed E-state index contributed by atoms with van der Waals surface area (Å²) >= 11 is 0. The molecule has 0 aliphatic rings. The molecule has 3 aromatic rings. The Morgan fingerprint density at radius 3 is 2.29 bits per heavy atom. The summed E-state index contributed by atoms with van der Waals surface area (Å²) in [5.74, 6) is -1.19. The molecule has 1 N–H and O–H groups in total. The van der Waals surface area contributed by atoms with E-state index in [0.29, 0.717) is 6.54 Å². The number of hydrogen-bond acceptors (Lipinski definition) is 2. The first-order valence-corrected chi connectivity index (χ1v) is 6.51. The molecule has 1 aromatic heterocycles. The van der Waals surface area contributed by atoms with Crippen LogP contribution in [0.4, 0.5) is 14.5 Å². The van der Waals surface area contributed by atoms with E-state index in [9.17, 15) is 8.78 Å². The highest BCUT2D eigenvalue weighted by atomic mass is 19.1. The van der Waals surface area contributed by atoms with E-state index in [1.54, 1.807) is 10.9 Å². The van der Waals surface area contributed by atoms with E-state index in [1.807, 2.05) is 36.5 Å². The average Bonchev–Trinajstić information content (AvgIpc) is 3.02. The van der Waals surface area contributed by atoms with Crippen molar-refractivity contribution in [3.63, 3.8) is 0 Å². The van der Waals surface area contributed by atoms with Gasteiger partial charge in [-0.15, -0.1) is 0 Å². The Labute approximate surface area is 120 Å². The van der Waals surface area contributed by atoms with Crippen LogP contribution < -0.4 is 5.32 Å². The lowest BCUT2D eigenvalue weighted by Crippen LogP contribution is -2.04. The smallest absolute Gasteiger partial charge is 0.149 e. The molecular weight excluding hydrogens is 272 g/mol. The Balaban J connectivity index is 1.71. The minimum Gasteiger partial charge on any atom is -0.376 e. The quantitative estimate of drug-likeness (QED) is 0.791. The lowest BCUT2D eigenvalue weighted by Gasteiger charge is -2.09. The number of hydrogen-bond donors (Lipinski definition) is 1. The highest BCUT2D eigenvalue weighted by Gasteiger charge is 2.07. The minimum absolute atomic E-state index is 0.103. The zero-order chi connectivity index (χ0) is 14.7. The molecule has 5 heteroatoms. The normalized spacial score (nSPS) is 10.6. The Kier molecular flexibility index (Phi) is 3.64. The number of rotatable bonds is 4. The molecule has 2 aromatic carbocycles. The minimum atomic E-state index is -0.594. The van der Waals surface area contributed by atoms with Crippen LogP contribution in [0.15, 0.2) is 60.9 Å². The summed E-state index contributed by atoms with van der Waals surface area (Å²) in [6, 6.07) is 13.2. The van der Waals surface area contributed by atoms with Gasteiger partial charge in [0.15, 0.2) is 0 Å². The van der Waals surface area contributed by atoms with E-state index in [4.69, 9.17) is 0 Å². The fourth-order valence-electron chi connectivity index (χ4n) is 2.05. The van der Waals surface area contributed by atoms with Gasteiger partial charge in [0.25, 0.3) is 0 Å². The molecule has 0 atom stereocenters. The molecule has 0 amide bonds. The Hall–Kier alpha value is -2.69. The maximum atomic E-state index is 13.5. The van der Waals surface area contributed by atoms with Gasteiger partial charge < -0.3 is 5.32 Å². The third-order valence-corrected chi connectivity index (χ3v) is 3.14. The van der Waals surface area contributed by atoms with Crippen LogP contribution in [0.1, 0.15) is 5.56 Å². The van der Waals surface area contributed by atoms with Crippen molar-refractivity contribution in [2.45, 2.75) is 6.54 Å². The van der Waals surface area contributed by atoms with Crippen molar-refractivity contribution >= 4 is 5.69 Å². The molecule has 21 heavy (non-hydrogen) atoms. The first-order chi connectivity index (χ1) is 10.2. The van der Waals surface area contributed by atoms with Crippen molar-refractivity contribution in [1.82, 2.24) is 9.78 Å². The average molecular weight is 285 g/mol. The maximum absolute atomic E-state index is 13.5. The number of nitrogens with zero attached hydrogens (tertiary/aromatic N) is 2. The summed E-state index contributed by atoms with van der Waals surface area (Å²) in [5, 5.41) is 6.91. The topological polar surface area (TPSA) is 29.9 Å². The van der Waals surface area contributed by atoms with Gasteiger partial charge in [-0.25, -0.2) is 13.5 Å². The molecule has 0 radical (unpaired) electrons. The molecule has 106 valence electrons. The van der Waals surface area contributed by atoms with Gasteiger partial charge in [-0.3, -0.25) is 0 Å². The lowest BCUT2D eigenvalue weighted by atomic mass is 10.2. The molecular formula is C16H13F2N3. The standard InChI is InChI=1S/C16H13F2N3/c17-14-3-1-4-15(18)16(14)19-11-12-5-7-13(8-6-12)21-10-2-9-20-21/h1-10,19H,11H2. The fraction of sp³-hybridized carbons (Fsp3) is 0.0625. The van der Waals surface area contributed by atoms with Crippen molar-refractivity contribution in [1.29, 1.82) is 0 Å². The molecule has 3 nitrogen and oxygen atoms in total. The molecule has 0 aliphatic carbocycles. The van der Waals surface area contributed by atoms with Crippen LogP contribution in [0, 0.1) is 11.6 Å². The molecule has 0 unspecified atom stereocenters. The van der Waals surface area contributed by atoms with Crippen LogP contribution in [0.3, 0.4) is 0 Å². The van der Waals surface area contributed by atoms with Gasteiger partial charge >= 0.3 is 0 Å². The van der Waals surface area contributed by atoms with Crippen LogP contribution in [0.25, 0.3) is 5.69 Å². The van der Waals surface area contributed by atoms with Crippen LogP contribution in [-0.2, 0) is 6.54 Å². The van der Waals surface area contributed by atoms with Crippen LogP contribution >= 0.6 is 0 Å². The fourth-order valence-corrected chi connectivity index (χ4v) is 2.05. The molecule has 0 fully saturated rings. The molecule has 3 rings (SSSR count). The summed E-state index contributed by atoms with van der Waals surface area (Å²) in [6.45, 7) is 0.344. The van der Waals surface area contributed by atoms with Gasteiger partial charge in [-0.1, -0.05) is 18.2 Å². The van der Waals surface area contributed by atoms with E-state index in [0.717, 1.165) is 11.3 Å². The number of nitrogens with one attached hydrogen (secondary N) is 1. The summed E-state index contributed by atoms with van der Waals surface area (Å²) in [5.41, 5.74) is 1.75. The van der Waals surface area contributed by atoms with Crippen molar-refractivity contribution in [2.24, 2.45) is 0 Å². The number of anilines is 1. The first kappa shape index (κ1) is 13.3. The van der Waals surface area contributed by atoms with E-state index >= 15 is 0 Å². The second kappa shape index (κ2) is 5.75. The SMILES string of the molecule is Fc1cccc(F)c1NCc1ccc(-n2cccn2)cc1. The number of aromatic nitrogens is 2. The number of para-hydroxylation sites is 1. The van der Waals surface area contributed by atoms with Crippen LogP contribution in [-0.4, -0.2) is 9.78 Å². The largest absolute Gasteiger partial charge is 0.376 e. The second-order valence-corrected chi connectivity index (χ2v) is 4.57. The monoisotopic (exact) mass is 285 g/mol. The second-order valence-electron chi connectivity index (χ2n) is 4.57. The molecule has 0 bridgehead atoms. The Bertz CT molecular complexity index is 702. The van der Waals surface area contributed by atoms with E-state index in [-0.39, 0.29) is 5.69 Å². The van der Waals surface area contributed by atoms with E-state index in [1.165, 1.54) is 18.2 Å². The highest BCUT2D eigenvalue weighted by Crippen LogP contribution is 2.19. The lowest BCUT2D eigenvalue weighted by molar-refractivity contribution is 0.588. The summed E-state index contributed by atoms with van der Waals surface area (Å²) in [6.07, 6.45) is 3.55. The zero-order valence-corrected chi connectivity index (χ0v) is 11.1. The van der Waals surface area contributed by atoms with E-state index < -0.39 is 11.6 Å².